The molecule has 1 saturated heterocycles. The minimum atomic E-state index is -3.20. The number of nitrogens with zero attached hydrogens (tertiary/aromatic N) is 1. The summed E-state index contributed by atoms with van der Waals surface area (Å²) in [4.78, 5) is 0. The maximum absolute atomic E-state index is 13.0. The normalized spacial score (nSPS) is 17.1. The van der Waals surface area contributed by atoms with Crippen LogP contribution in [0.4, 0.5) is 0 Å². The van der Waals surface area contributed by atoms with Crippen LogP contribution in [0.15, 0.2) is 30.3 Å². The van der Waals surface area contributed by atoms with Gasteiger partial charge in [-0.1, -0.05) is 51.1 Å². The van der Waals surface area contributed by atoms with E-state index in [0.717, 1.165) is 38.8 Å². The lowest BCUT2D eigenvalue weighted by Gasteiger charge is -2.34. The van der Waals surface area contributed by atoms with E-state index in [2.05, 4.69) is 38.2 Å². The molecule has 1 heterocycles. The molecule has 0 atom stereocenters. The zero-order valence-electron chi connectivity index (χ0n) is 16.0. The highest BCUT2D eigenvalue weighted by Gasteiger charge is 2.31. The number of aryl methyl sites for hydroxylation is 1. The third-order valence-electron chi connectivity index (χ3n) is 4.87. The van der Waals surface area contributed by atoms with Gasteiger partial charge in [0.05, 0.1) is 5.75 Å². The first-order valence-corrected chi connectivity index (χ1v) is 11.1. The summed E-state index contributed by atoms with van der Waals surface area (Å²) in [5.74, 6) is 0.256. The summed E-state index contributed by atoms with van der Waals surface area (Å²) in [7, 11) is -3.20. The third-order valence-corrected chi connectivity index (χ3v) is 6.79. The van der Waals surface area contributed by atoms with E-state index < -0.39 is 10.0 Å². The Hall–Kier alpha value is -0.910. The number of nitrogens with one attached hydrogen (secondary N) is 1. The maximum Gasteiger partial charge on any atom is 0.214 e. The molecule has 0 bridgehead atoms. The van der Waals surface area contributed by atoms with Gasteiger partial charge in [-0.05, 0) is 56.2 Å². The summed E-state index contributed by atoms with van der Waals surface area (Å²) < 4.78 is 27.9. The zero-order chi connectivity index (χ0) is 18.3. The van der Waals surface area contributed by atoms with Crippen molar-refractivity contribution in [3.05, 3.63) is 35.9 Å². The highest BCUT2D eigenvalue weighted by atomic mass is 32.2. The van der Waals surface area contributed by atoms with Gasteiger partial charge in [0, 0.05) is 12.6 Å². The number of sulfonamides is 1. The van der Waals surface area contributed by atoms with Crippen LogP contribution in [0, 0.1) is 5.41 Å². The van der Waals surface area contributed by atoms with Crippen LogP contribution >= 0.6 is 0 Å². The van der Waals surface area contributed by atoms with E-state index in [1.54, 1.807) is 0 Å². The quantitative estimate of drug-likeness (QED) is 0.767. The Bertz CT molecular complexity index is 602. The summed E-state index contributed by atoms with van der Waals surface area (Å²) in [5.41, 5.74) is 1.32. The Kier molecular flexibility index (Phi) is 7.47. The van der Waals surface area contributed by atoms with Crippen molar-refractivity contribution in [2.24, 2.45) is 5.41 Å². The molecule has 0 unspecified atom stereocenters. The monoisotopic (exact) mass is 366 g/mol. The van der Waals surface area contributed by atoms with E-state index in [9.17, 15) is 8.42 Å². The molecule has 0 amide bonds. The van der Waals surface area contributed by atoms with Crippen LogP contribution < -0.4 is 5.32 Å². The van der Waals surface area contributed by atoms with Crippen molar-refractivity contribution in [3.63, 3.8) is 0 Å². The number of hydrogen-bond acceptors (Lipinski definition) is 3. The Morgan fingerprint density at radius 2 is 1.76 bits per heavy atom. The Morgan fingerprint density at radius 1 is 1.12 bits per heavy atom. The van der Waals surface area contributed by atoms with Crippen LogP contribution in [-0.2, 0) is 16.4 Å². The minimum absolute atomic E-state index is 0.0386. The fourth-order valence-corrected chi connectivity index (χ4v) is 5.46. The van der Waals surface area contributed by atoms with Crippen LogP contribution in [0.2, 0.25) is 0 Å². The fourth-order valence-electron chi connectivity index (χ4n) is 3.28. The van der Waals surface area contributed by atoms with Gasteiger partial charge < -0.3 is 5.32 Å². The molecule has 142 valence electrons. The lowest BCUT2D eigenvalue weighted by atomic mass is 9.94. The molecular weight excluding hydrogens is 332 g/mol. The van der Waals surface area contributed by atoms with E-state index in [4.69, 9.17) is 0 Å². The van der Waals surface area contributed by atoms with Crippen molar-refractivity contribution >= 4 is 10.0 Å². The molecule has 1 aliphatic heterocycles. The summed E-state index contributed by atoms with van der Waals surface area (Å²) >= 11 is 0. The van der Waals surface area contributed by atoms with Crippen molar-refractivity contribution in [1.82, 2.24) is 9.62 Å². The molecule has 0 spiro atoms. The molecule has 0 aromatic heterocycles. The van der Waals surface area contributed by atoms with Gasteiger partial charge in [0.15, 0.2) is 0 Å². The van der Waals surface area contributed by atoms with Crippen molar-refractivity contribution in [3.8, 4) is 0 Å². The molecular formula is C20H34N2O2S. The molecule has 2 rings (SSSR count). The van der Waals surface area contributed by atoms with Gasteiger partial charge in [0.25, 0.3) is 0 Å². The second-order valence-corrected chi connectivity index (χ2v) is 10.3. The number of benzene rings is 1. The summed E-state index contributed by atoms with van der Waals surface area (Å²) in [6.07, 6.45) is 4.34. The second kappa shape index (κ2) is 9.15. The van der Waals surface area contributed by atoms with Gasteiger partial charge in [0.1, 0.15) is 0 Å². The van der Waals surface area contributed by atoms with E-state index in [-0.39, 0.29) is 17.2 Å². The predicted molar refractivity (Wildman–Crippen MR) is 105 cm³/mol. The number of piperidine rings is 1. The lowest BCUT2D eigenvalue weighted by molar-refractivity contribution is 0.258. The van der Waals surface area contributed by atoms with E-state index >= 15 is 0 Å². The van der Waals surface area contributed by atoms with Crippen LogP contribution in [0.1, 0.15) is 52.0 Å². The molecule has 5 heteroatoms. The van der Waals surface area contributed by atoms with E-state index in [1.807, 2.05) is 22.5 Å². The minimum Gasteiger partial charge on any atom is -0.317 e. The van der Waals surface area contributed by atoms with Gasteiger partial charge in [-0.3, -0.25) is 0 Å². The Balaban J connectivity index is 2.01. The average Bonchev–Trinajstić information content (AvgIpc) is 2.58. The third kappa shape index (κ3) is 7.08. The van der Waals surface area contributed by atoms with E-state index in [0.29, 0.717) is 13.0 Å². The SMILES string of the molecule is CC(C)(C)CCS(=O)(=O)N(CCCc1ccccc1)C1CCNCC1. The average molecular weight is 367 g/mol. The lowest BCUT2D eigenvalue weighted by Crippen LogP contribution is -2.47. The van der Waals surface area contributed by atoms with Crippen LogP contribution in [0.5, 0.6) is 0 Å². The maximum atomic E-state index is 13.0. The number of rotatable bonds is 8. The van der Waals surface area contributed by atoms with Crippen molar-refractivity contribution in [2.75, 3.05) is 25.4 Å². The Morgan fingerprint density at radius 3 is 2.36 bits per heavy atom. The van der Waals surface area contributed by atoms with Crippen LogP contribution in [0.25, 0.3) is 0 Å². The fraction of sp³-hybridized carbons (Fsp3) is 0.700. The van der Waals surface area contributed by atoms with Gasteiger partial charge >= 0.3 is 0 Å². The molecule has 1 aliphatic rings. The molecule has 1 aromatic rings. The van der Waals surface area contributed by atoms with Crippen LogP contribution in [-0.4, -0.2) is 44.2 Å². The van der Waals surface area contributed by atoms with Crippen molar-refractivity contribution < 1.29 is 8.42 Å². The van der Waals surface area contributed by atoms with Gasteiger partial charge in [-0.2, -0.15) is 4.31 Å². The first kappa shape index (κ1) is 20.4. The van der Waals surface area contributed by atoms with Gasteiger partial charge in [0.2, 0.25) is 10.0 Å². The highest BCUT2D eigenvalue weighted by Crippen LogP contribution is 2.23. The Labute approximate surface area is 154 Å². The standard InChI is InChI=1S/C20H34N2O2S/c1-20(2,3)13-17-25(23,24)22(19-11-14-21-15-12-19)16-7-10-18-8-5-4-6-9-18/h4-6,8-9,19,21H,7,10-17H2,1-3H3. The zero-order valence-corrected chi connectivity index (χ0v) is 16.8. The highest BCUT2D eigenvalue weighted by molar-refractivity contribution is 7.89. The molecule has 1 fully saturated rings. The van der Waals surface area contributed by atoms with E-state index in [1.165, 1.54) is 5.56 Å². The topological polar surface area (TPSA) is 49.4 Å². The van der Waals surface area contributed by atoms with Gasteiger partial charge in [-0.15, -0.1) is 0 Å². The second-order valence-electron chi connectivity index (χ2n) is 8.31. The van der Waals surface area contributed by atoms with Crippen molar-refractivity contribution in [2.45, 2.75) is 58.9 Å². The smallest absolute Gasteiger partial charge is 0.214 e. The predicted octanol–water partition coefficient (Wildman–Crippen LogP) is 3.44. The first-order valence-electron chi connectivity index (χ1n) is 9.52. The molecule has 1 N–H and O–H groups in total. The molecule has 0 saturated carbocycles. The molecule has 0 aliphatic carbocycles. The van der Waals surface area contributed by atoms with Gasteiger partial charge in [-0.25, -0.2) is 8.42 Å². The summed E-state index contributed by atoms with van der Waals surface area (Å²) in [6.45, 7) is 8.77. The molecule has 0 radical (unpaired) electrons. The van der Waals surface area contributed by atoms with Crippen LogP contribution in [0.3, 0.4) is 0 Å². The number of hydrogen-bond donors (Lipinski definition) is 1. The van der Waals surface area contributed by atoms with Crippen molar-refractivity contribution in [1.29, 1.82) is 0 Å². The first-order chi connectivity index (χ1) is 11.8. The summed E-state index contributed by atoms with van der Waals surface area (Å²) in [5, 5.41) is 3.34. The summed E-state index contributed by atoms with van der Waals surface area (Å²) in [6, 6.07) is 10.5. The largest absolute Gasteiger partial charge is 0.317 e. The molecule has 25 heavy (non-hydrogen) atoms. The molecule has 4 nitrogen and oxygen atoms in total. The molecule has 1 aromatic carbocycles.